The summed E-state index contributed by atoms with van der Waals surface area (Å²) in [6.07, 6.45) is 0. The lowest BCUT2D eigenvalue weighted by molar-refractivity contribution is -0.136. The number of carbonyl (C=O) groups is 1. The number of rotatable bonds is 5. The van der Waals surface area contributed by atoms with E-state index in [2.05, 4.69) is 0 Å². The molecule has 2 N–H and O–H groups in total. The van der Waals surface area contributed by atoms with E-state index in [1.807, 2.05) is 6.07 Å². The minimum absolute atomic E-state index is 0.0977. The molecule has 1 aliphatic heterocycles. The monoisotopic (exact) mass is 450 g/mol. The fraction of sp³-hybridized carbons (Fsp3) is 0.0833. The van der Waals surface area contributed by atoms with Crippen LogP contribution in [0.4, 0.5) is 4.39 Å². The van der Waals surface area contributed by atoms with Crippen molar-refractivity contribution in [2.45, 2.75) is 5.92 Å². The molecule has 0 amide bonds. The van der Waals surface area contributed by atoms with Crippen molar-refractivity contribution in [3.05, 3.63) is 100 Å². The molecule has 1 heterocycles. The van der Waals surface area contributed by atoms with Crippen molar-refractivity contribution in [3.63, 3.8) is 0 Å². The van der Waals surface area contributed by atoms with E-state index in [0.29, 0.717) is 16.3 Å². The average Bonchev–Trinajstić information content (AvgIpc) is 2.78. The quantitative estimate of drug-likeness (QED) is 0.448. The molecule has 8 heteroatoms. The van der Waals surface area contributed by atoms with E-state index < -0.39 is 17.7 Å². The number of fused-ring (bicyclic) bond motifs is 1. The highest BCUT2D eigenvalue weighted by atomic mass is 35.5. The molecule has 4 rings (SSSR count). The summed E-state index contributed by atoms with van der Waals surface area (Å²) in [7, 11) is 0. The van der Waals surface area contributed by atoms with Gasteiger partial charge in [-0.25, -0.2) is 9.18 Å². The SMILES string of the molecule is N#CC1=C(N)Oc2cc(OC(=O)COc3ccccc3Cl)ccc2C1c1ccccc1F. The summed E-state index contributed by atoms with van der Waals surface area (Å²) in [4.78, 5) is 12.2. The van der Waals surface area contributed by atoms with Gasteiger partial charge in [-0.1, -0.05) is 48.0 Å². The number of carbonyl (C=O) groups excluding carboxylic acids is 1. The van der Waals surface area contributed by atoms with Gasteiger partial charge in [-0.05, 0) is 24.3 Å². The van der Waals surface area contributed by atoms with Gasteiger partial charge >= 0.3 is 5.97 Å². The van der Waals surface area contributed by atoms with Crippen LogP contribution >= 0.6 is 11.6 Å². The van der Waals surface area contributed by atoms with Crippen molar-refractivity contribution in [2.24, 2.45) is 5.73 Å². The van der Waals surface area contributed by atoms with Gasteiger partial charge in [-0.2, -0.15) is 5.26 Å². The summed E-state index contributed by atoms with van der Waals surface area (Å²) in [6, 6.07) is 19.5. The third-order valence-electron chi connectivity index (χ3n) is 4.82. The van der Waals surface area contributed by atoms with Crippen LogP contribution in [-0.2, 0) is 4.79 Å². The highest BCUT2D eigenvalue weighted by molar-refractivity contribution is 6.32. The Morgan fingerprint density at radius 1 is 1.12 bits per heavy atom. The highest BCUT2D eigenvalue weighted by Gasteiger charge is 2.32. The number of para-hydroxylation sites is 1. The van der Waals surface area contributed by atoms with Crippen molar-refractivity contribution < 1.29 is 23.4 Å². The van der Waals surface area contributed by atoms with Crippen LogP contribution in [0.2, 0.25) is 5.02 Å². The first-order valence-corrected chi connectivity index (χ1v) is 9.89. The Kier molecular flexibility index (Phi) is 5.97. The maximum absolute atomic E-state index is 14.5. The number of halogens is 2. The fourth-order valence-electron chi connectivity index (χ4n) is 3.39. The molecule has 0 saturated carbocycles. The molecule has 3 aromatic rings. The predicted octanol–water partition coefficient (Wildman–Crippen LogP) is 4.68. The Balaban J connectivity index is 1.57. The number of esters is 1. The lowest BCUT2D eigenvalue weighted by Gasteiger charge is -2.27. The highest BCUT2D eigenvalue weighted by Crippen LogP contribution is 2.44. The molecule has 1 atom stereocenters. The van der Waals surface area contributed by atoms with Crippen molar-refractivity contribution >= 4 is 17.6 Å². The lowest BCUT2D eigenvalue weighted by atomic mass is 9.83. The zero-order valence-corrected chi connectivity index (χ0v) is 17.3. The first-order valence-electron chi connectivity index (χ1n) is 9.52. The number of nitrogens with two attached hydrogens (primary N) is 1. The number of hydrogen-bond acceptors (Lipinski definition) is 6. The van der Waals surface area contributed by atoms with E-state index >= 15 is 0 Å². The lowest BCUT2D eigenvalue weighted by Crippen LogP contribution is -2.22. The van der Waals surface area contributed by atoms with Crippen molar-refractivity contribution in [1.29, 1.82) is 5.26 Å². The zero-order chi connectivity index (χ0) is 22.7. The second-order valence-electron chi connectivity index (χ2n) is 6.84. The molecular weight excluding hydrogens is 435 g/mol. The molecule has 6 nitrogen and oxygen atoms in total. The summed E-state index contributed by atoms with van der Waals surface area (Å²) in [5, 5.41) is 9.95. The molecule has 1 unspecified atom stereocenters. The van der Waals surface area contributed by atoms with Crippen LogP contribution in [0.5, 0.6) is 17.2 Å². The van der Waals surface area contributed by atoms with Gasteiger partial charge in [0.15, 0.2) is 6.61 Å². The molecule has 0 saturated heterocycles. The molecule has 0 radical (unpaired) electrons. The van der Waals surface area contributed by atoms with Crippen LogP contribution in [0, 0.1) is 17.1 Å². The summed E-state index contributed by atoms with van der Waals surface area (Å²) in [5.41, 5.74) is 6.84. The van der Waals surface area contributed by atoms with E-state index in [1.54, 1.807) is 48.5 Å². The van der Waals surface area contributed by atoms with Gasteiger partial charge in [0.25, 0.3) is 0 Å². The van der Waals surface area contributed by atoms with Crippen molar-refractivity contribution in [1.82, 2.24) is 0 Å². The largest absolute Gasteiger partial charge is 0.480 e. The second-order valence-corrected chi connectivity index (χ2v) is 7.25. The predicted molar refractivity (Wildman–Crippen MR) is 115 cm³/mol. The number of nitriles is 1. The van der Waals surface area contributed by atoms with Crippen LogP contribution in [0.15, 0.2) is 78.2 Å². The maximum atomic E-state index is 14.5. The van der Waals surface area contributed by atoms with Crippen LogP contribution in [0.25, 0.3) is 0 Å². The van der Waals surface area contributed by atoms with E-state index in [0.717, 1.165) is 0 Å². The van der Waals surface area contributed by atoms with Gasteiger partial charge in [0.05, 0.1) is 10.9 Å². The summed E-state index contributed by atoms with van der Waals surface area (Å²) < 4.78 is 30.8. The third kappa shape index (κ3) is 4.22. The van der Waals surface area contributed by atoms with E-state index in [9.17, 15) is 14.4 Å². The van der Waals surface area contributed by atoms with E-state index in [1.165, 1.54) is 18.2 Å². The van der Waals surface area contributed by atoms with Crippen LogP contribution in [-0.4, -0.2) is 12.6 Å². The average molecular weight is 451 g/mol. The molecule has 0 aromatic heterocycles. The topological polar surface area (TPSA) is 94.6 Å². The van der Waals surface area contributed by atoms with Crippen molar-refractivity contribution in [2.75, 3.05) is 6.61 Å². The number of hydrogen-bond donors (Lipinski definition) is 1. The zero-order valence-electron chi connectivity index (χ0n) is 16.5. The molecule has 0 fully saturated rings. The number of ether oxygens (including phenoxy) is 3. The smallest absolute Gasteiger partial charge is 0.349 e. The standard InChI is InChI=1S/C24H16ClFN2O4/c25-18-6-2-4-8-20(18)30-13-22(29)31-14-9-10-16-21(11-14)32-24(28)17(12-27)23(16)15-5-1-3-7-19(15)26/h1-11,23H,13,28H2. The molecule has 160 valence electrons. The normalized spacial score (nSPS) is 14.7. The third-order valence-corrected chi connectivity index (χ3v) is 5.13. The Bertz CT molecular complexity index is 1270. The minimum atomic E-state index is -0.752. The second kappa shape index (κ2) is 9.00. The first kappa shape index (κ1) is 21.2. The van der Waals surface area contributed by atoms with Gasteiger partial charge in [-0.3, -0.25) is 0 Å². The minimum Gasteiger partial charge on any atom is -0.480 e. The van der Waals surface area contributed by atoms with Crippen LogP contribution < -0.4 is 19.9 Å². The van der Waals surface area contributed by atoms with Gasteiger partial charge in [0.2, 0.25) is 5.88 Å². The molecule has 0 bridgehead atoms. The number of benzene rings is 3. The molecular formula is C24H16ClFN2O4. The van der Waals surface area contributed by atoms with E-state index in [-0.39, 0.29) is 35.1 Å². The number of allylic oxidation sites excluding steroid dienone is 1. The number of nitrogens with zero attached hydrogens (tertiary/aromatic N) is 1. The molecule has 1 aliphatic rings. The van der Waals surface area contributed by atoms with Crippen LogP contribution in [0.3, 0.4) is 0 Å². The Labute approximate surface area is 188 Å². The van der Waals surface area contributed by atoms with E-state index in [4.69, 9.17) is 31.5 Å². The molecule has 0 aliphatic carbocycles. The molecule has 0 spiro atoms. The van der Waals surface area contributed by atoms with Gasteiger partial charge < -0.3 is 19.9 Å². The van der Waals surface area contributed by atoms with Gasteiger partial charge in [-0.15, -0.1) is 0 Å². The van der Waals surface area contributed by atoms with Gasteiger partial charge in [0.1, 0.15) is 34.7 Å². The summed E-state index contributed by atoms with van der Waals surface area (Å²) >= 11 is 6.00. The molecule has 32 heavy (non-hydrogen) atoms. The van der Waals surface area contributed by atoms with Crippen LogP contribution in [0.1, 0.15) is 17.0 Å². The maximum Gasteiger partial charge on any atom is 0.349 e. The van der Waals surface area contributed by atoms with Crippen molar-refractivity contribution in [3.8, 4) is 23.3 Å². The Hall–Kier alpha value is -4.02. The fourth-order valence-corrected chi connectivity index (χ4v) is 3.58. The van der Waals surface area contributed by atoms with Gasteiger partial charge in [0, 0.05) is 17.2 Å². The first-order chi connectivity index (χ1) is 15.5. The Morgan fingerprint density at radius 2 is 1.88 bits per heavy atom. The summed E-state index contributed by atoms with van der Waals surface area (Å²) in [6.45, 7) is -0.361. The molecule has 3 aromatic carbocycles. The Morgan fingerprint density at radius 3 is 2.62 bits per heavy atom. The summed E-state index contributed by atoms with van der Waals surface area (Å²) in [5.74, 6) is -1.23.